The van der Waals surface area contributed by atoms with Crippen LogP contribution in [0.15, 0.2) is 42.0 Å². The topological polar surface area (TPSA) is 99.5 Å². The Kier molecular flexibility index (Phi) is 7.92. The van der Waals surface area contributed by atoms with E-state index in [0.29, 0.717) is 37.9 Å². The van der Waals surface area contributed by atoms with Crippen LogP contribution in [0.25, 0.3) is 0 Å². The molecule has 7 nitrogen and oxygen atoms in total. The molecule has 1 N–H and O–H groups in total. The second kappa shape index (κ2) is 10.5. The summed E-state index contributed by atoms with van der Waals surface area (Å²) in [5.74, 6) is 0.291. The molecule has 3 rings (SSSR count). The maximum Gasteiger partial charge on any atom is 0.219 e. The maximum atomic E-state index is 16.1. The minimum absolute atomic E-state index is 0.00234. The normalized spacial score (nSPS) is 21.4. The van der Waals surface area contributed by atoms with Crippen LogP contribution in [0.1, 0.15) is 50.7 Å². The van der Waals surface area contributed by atoms with Gasteiger partial charge in [-0.3, -0.25) is 4.79 Å². The van der Waals surface area contributed by atoms with Gasteiger partial charge < -0.3 is 9.64 Å². The Balaban J connectivity index is 1.76. The van der Waals surface area contributed by atoms with Crippen molar-refractivity contribution in [3.63, 3.8) is 0 Å². The third kappa shape index (κ3) is 6.21. The minimum atomic E-state index is -3.35. The number of hydrogen-bond acceptors (Lipinski definition) is 5. The van der Waals surface area contributed by atoms with Crippen LogP contribution in [0.2, 0.25) is 0 Å². The molecular formula is C24H30FN3O4S. The van der Waals surface area contributed by atoms with Gasteiger partial charge in [-0.2, -0.15) is 5.26 Å². The van der Waals surface area contributed by atoms with E-state index in [1.165, 1.54) is 13.0 Å². The van der Waals surface area contributed by atoms with E-state index in [4.69, 9.17) is 4.74 Å². The largest absolute Gasteiger partial charge is 0.488 e. The van der Waals surface area contributed by atoms with E-state index < -0.39 is 15.7 Å². The molecule has 33 heavy (non-hydrogen) atoms. The number of halogens is 1. The van der Waals surface area contributed by atoms with E-state index >= 15 is 4.39 Å². The number of para-hydroxylation sites is 1. The number of nitrogens with one attached hydrogen (secondary N) is 1. The number of sulfonamides is 1. The number of benzene rings is 1. The highest BCUT2D eigenvalue weighted by molar-refractivity contribution is 7.89. The molecule has 1 aromatic rings. The SMILES string of the molecule is CCCS(=O)(=O)NCC1=CCC(F)(c2cccc(C#N)c2OC2CCN(C(C)=O)CC2)C=C1. The van der Waals surface area contributed by atoms with Crippen molar-refractivity contribution in [2.24, 2.45) is 0 Å². The molecule has 1 amide bonds. The number of alkyl halides is 1. The van der Waals surface area contributed by atoms with Gasteiger partial charge in [-0.1, -0.05) is 31.2 Å². The first-order valence-electron chi connectivity index (χ1n) is 11.2. The van der Waals surface area contributed by atoms with Crippen LogP contribution in [-0.2, 0) is 20.5 Å². The van der Waals surface area contributed by atoms with Crippen molar-refractivity contribution in [3.8, 4) is 11.8 Å². The molecular weight excluding hydrogens is 445 g/mol. The van der Waals surface area contributed by atoms with E-state index in [2.05, 4.69) is 10.8 Å². The van der Waals surface area contributed by atoms with Gasteiger partial charge in [0.15, 0.2) is 5.67 Å². The summed E-state index contributed by atoms with van der Waals surface area (Å²) in [4.78, 5) is 13.3. The van der Waals surface area contributed by atoms with Crippen LogP contribution >= 0.6 is 0 Å². The molecule has 0 aromatic heterocycles. The first-order chi connectivity index (χ1) is 15.7. The molecule has 9 heteroatoms. The van der Waals surface area contributed by atoms with Crippen molar-refractivity contribution < 1.29 is 22.3 Å². The number of nitrogens with zero attached hydrogens (tertiary/aromatic N) is 2. The fourth-order valence-electron chi connectivity index (χ4n) is 4.05. The van der Waals surface area contributed by atoms with E-state index in [1.54, 1.807) is 42.2 Å². The number of nitriles is 1. The molecule has 1 aliphatic carbocycles. The number of piperidine rings is 1. The van der Waals surface area contributed by atoms with Crippen LogP contribution in [0.4, 0.5) is 4.39 Å². The van der Waals surface area contributed by atoms with Gasteiger partial charge in [0.05, 0.1) is 11.3 Å². The summed E-state index contributed by atoms with van der Waals surface area (Å²) >= 11 is 0. The van der Waals surface area contributed by atoms with Crippen LogP contribution in [0.3, 0.4) is 0 Å². The zero-order chi connectivity index (χ0) is 24.1. The predicted octanol–water partition coefficient (Wildman–Crippen LogP) is 3.33. The highest BCUT2D eigenvalue weighted by Crippen LogP contribution is 2.42. The van der Waals surface area contributed by atoms with E-state index in [9.17, 15) is 18.5 Å². The number of allylic oxidation sites excluding steroid dienone is 2. The smallest absolute Gasteiger partial charge is 0.219 e. The van der Waals surface area contributed by atoms with E-state index in [1.807, 2.05) is 0 Å². The second-order valence-electron chi connectivity index (χ2n) is 8.44. The quantitative estimate of drug-likeness (QED) is 0.622. The summed E-state index contributed by atoms with van der Waals surface area (Å²) in [6, 6.07) is 6.94. The zero-order valence-corrected chi connectivity index (χ0v) is 19.8. The van der Waals surface area contributed by atoms with Crippen molar-refractivity contribution in [1.82, 2.24) is 9.62 Å². The number of rotatable bonds is 8. The minimum Gasteiger partial charge on any atom is -0.488 e. The number of carbonyl (C=O) groups is 1. The Labute approximate surface area is 195 Å². The molecule has 1 unspecified atom stereocenters. The molecule has 0 saturated carbocycles. The van der Waals surface area contributed by atoms with Crippen LogP contribution in [-0.4, -0.2) is 50.7 Å². The maximum absolute atomic E-state index is 16.1. The Morgan fingerprint density at radius 1 is 1.36 bits per heavy atom. The summed E-state index contributed by atoms with van der Waals surface area (Å²) < 4.78 is 48.5. The second-order valence-corrected chi connectivity index (χ2v) is 10.4. The number of carbonyl (C=O) groups excluding carboxylic acids is 1. The van der Waals surface area contributed by atoms with Crippen molar-refractivity contribution in [2.45, 2.75) is 51.3 Å². The number of likely N-dealkylation sites (tertiary alicyclic amines) is 1. The molecule has 178 valence electrons. The van der Waals surface area contributed by atoms with Crippen LogP contribution in [0, 0.1) is 11.3 Å². The van der Waals surface area contributed by atoms with Gasteiger partial charge in [0.2, 0.25) is 15.9 Å². The van der Waals surface area contributed by atoms with Gasteiger partial charge in [-0.05, 0) is 24.1 Å². The molecule has 1 fully saturated rings. The fraction of sp³-hybridized carbons (Fsp3) is 0.500. The molecule has 1 aromatic carbocycles. The predicted molar refractivity (Wildman–Crippen MR) is 124 cm³/mol. The summed E-state index contributed by atoms with van der Waals surface area (Å²) in [7, 11) is -3.35. The van der Waals surface area contributed by atoms with Crippen molar-refractivity contribution in [1.29, 1.82) is 5.26 Å². The lowest BCUT2D eigenvalue weighted by atomic mass is 9.85. The molecule has 1 atom stereocenters. The standard InChI is InChI=1S/C24H30FN3O4S/c1-3-15-33(30,31)27-17-19-7-11-24(25,12-8-19)22-6-4-5-20(16-26)23(22)32-21-9-13-28(14-10-21)18(2)29/h4-8,11,21,27H,3,9-10,12-15,17H2,1-2H3. The van der Waals surface area contributed by atoms with Gasteiger partial charge in [0.1, 0.15) is 17.9 Å². The molecule has 1 aliphatic heterocycles. The van der Waals surface area contributed by atoms with Crippen LogP contribution < -0.4 is 9.46 Å². The lowest BCUT2D eigenvalue weighted by Gasteiger charge is -2.33. The van der Waals surface area contributed by atoms with E-state index in [-0.39, 0.29) is 47.6 Å². The number of amides is 1. The van der Waals surface area contributed by atoms with Crippen LogP contribution in [0.5, 0.6) is 5.75 Å². The average Bonchev–Trinajstić information content (AvgIpc) is 2.79. The molecule has 0 radical (unpaired) electrons. The molecule has 2 aliphatic rings. The number of hydrogen-bond donors (Lipinski definition) is 1. The zero-order valence-electron chi connectivity index (χ0n) is 19.0. The summed E-state index contributed by atoms with van der Waals surface area (Å²) in [6.07, 6.45) is 6.16. The van der Waals surface area contributed by atoms with E-state index in [0.717, 1.165) is 0 Å². The fourth-order valence-corrected chi connectivity index (χ4v) is 5.12. The van der Waals surface area contributed by atoms with Crippen molar-refractivity contribution in [3.05, 3.63) is 53.1 Å². The first kappa shape index (κ1) is 24.9. The van der Waals surface area contributed by atoms with Gasteiger partial charge >= 0.3 is 0 Å². The summed E-state index contributed by atoms with van der Waals surface area (Å²) in [5.41, 5.74) is -0.671. The van der Waals surface area contributed by atoms with Gasteiger partial charge in [0.25, 0.3) is 0 Å². The summed E-state index contributed by atoms with van der Waals surface area (Å²) in [5, 5.41) is 9.60. The molecule has 1 saturated heterocycles. The Morgan fingerprint density at radius 3 is 2.67 bits per heavy atom. The van der Waals surface area contributed by atoms with Gasteiger partial charge in [0, 0.05) is 51.4 Å². The third-order valence-electron chi connectivity index (χ3n) is 5.95. The average molecular weight is 476 g/mol. The molecule has 0 bridgehead atoms. The van der Waals surface area contributed by atoms with Crippen molar-refractivity contribution in [2.75, 3.05) is 25.4 Å². The third-order valence-corrected chi connectivity index (χ3v) is 7.48. The lowest BCUT2D eigenvalue weighted by molar-refractivity contribution is -0.130. The van der Waals surface area contributed by atoms with Crippen molar-refractivity contribution >= 4 is 15.9 Å². The van der Waals surface area contributed by atoms with Gasteiger partial charge in [-0.25, -0.2) is 17.5 Å². The Morgan fingerprint density at radius 2 is 2.09 bits per heavy atom. The number of ether oxygens (including phenoxy) is 1. The molecule has 0 spiro atoms. The Bertz CT molecular complexity index is 1090. The van der Waals surface area contributed by atoms with Gasteiger partial charge in [-0.15, -0.1) is 0 Å². The first-order valence-corrected chi connectivity index (χ1v) is 12.8. The Hall–Kier alpha value is -2.70. The monoisotopic (exact) mass is 475 g/mol. The highest BCUT2D eigenvalue weighted by Gasteiger charge is 2.35. The highest BCUT2D eigenvalue weighted by atomic mass is 32.2. The molecule has 1 heterocycles. The summed E-state index contributed by atoms with van der Waals surface area (Å²) in [6.45, 7) is 4.54. The lowest BCUT2D eigenvalue weighted by Crippen LogP contribution is -2.41.